The highest BCUT2D eigenvalue weighted by Gasteiger charge is 2.14. The Morgan fingerprint density at radius 3 is 3.19 bits per heavy atom. The summed E-state index contributed by atoms with van der Waals surface area (Å²) in [6.45, 7) is 2.92. The Hall–Kier alpha value is -0.580. The quantitative estimate of drug-likeness (QED) is 0.776. The molecule has 1 unspecified atom stereocenters. The summed E-state index contributed by atoms with van der Waals surface area (Å²) in [6.07, 6.45) is 4.08. The molecular weight excluding hydrogens is 222 g/mol. The first-order valence-corrected chi connectivity index (χ1v) is 6.65. The molecule has 0 saturated carbocycles. The van der Waals surface area contributed by atoms with Gasteiger partial charge in [-0.15, -0.1) is 11.3 Å². The van der Waals surface area contributed by atoms with Crippen LogP contribution in [0.5, 0.6) is 5.06 Å². The topological polar surface area (TPSA) is 30.5 Å². The SMILES string of the molecule is COc1ccc(CNCCC2CCCO2)s1. The zero-order valence-electron chi connectivity index (χ0n) is 9.70. The number of rotatable bonds is 6. The normalized spacial score (nSPS) is 20.2. The Kier molecular flexibility index (Phi) is 4.63. The van der Waals surface area contributed by atoms with Crippen molar-refractivity contribution in [3.63, 3.8) is 0 Å². The van der Waals surface area contributed by atoms with E-state index in [1.165, 1.54) is 17.7 Å². The van der Waals surface area contributed by atoms with E-state index in [0.717, 1.165) is 31.2 Å². The molecule has 0 aliphatic carbocycles. The summed E-state index contributed by atoms with van der Waals surface area (Å²) in [5, 5.41) is 4.42. The Morgan fingerprint density at radius 2 is 2.50 bits per heavy atom. The van der Waals surface area contributed by atoms with Gasteiger partial charge in [-0.05, 0) is 37.9 Å². The molecule has 1 aromatic heterocycles. The lowest BCUT2D eigenvalue weighted by Crippen LogP contribution is -2.19. The van der Waals surface area contributed by atoms with Gasteiger partial charge in [0.25, 0.3) is 0 Å². The highest BCUT2D eigenvalue weighted by molar-refractivity contribution is 7.13. The molecule has 90 valence electrons. The first-order valence-electron chi connectivity index (χ1n) is 5.83. The van der Waals surface area contributed by atoms with Crippen molar-refractivity contribution in [2.45, 2.75) is 31.9 Å². The lowest BCUT2D eigenvalue weighted by atomic mass is 10.2. The van der Waals surface area contributed by atoms with Gasteiger partial charge in [-0.3, -0.25) is 0 Å². The minimum atomic E-state index is 0.491. The highest BCUT2D eigenvalue weighted by Crippen LogP contribution is 2.23. The fourth-order valence-electron chi connectivity index (χ4n) is 1.91. The first-order chi connectivity index (χ1) is 7.88. The second kappa shape index (κ2) is 6.23. The number of hydrogen-bond donors (Lipinski definition) is 1. The zero-order chi connectivity index (χ0) is 11.2. The number of hydrogen-bond acceptors (Lipinski definition) is 4. The van der Waals surface area contributed by atoms with E-state index in [9.17, 15) is 0 Å². The van der Waals surface area contributed by atoms with E-state index >= 15 is 0 Å². The number of ether oxygens (including phenoxy) is 2. The van der Waals surface area contributed by atoms with E-state index in [1.807, 2.05) is 6.07 Å². The summed E-state index contributed by atoms with van der Waals surface area (Å²) in [5.41, 5.74) is 0. The molecule has 1 aromatic rings. The zero-order valence-corrected chi connectivity index (χ0v) is 10.5. The van der Waals surface area contributed by atoms with Gasteiger partial charge in [0.15, 0.2) is 5.06 Å². The van der Waals surface area contributed by atoms with Gasteiger partial charge in [0.05, 0.1) is 13.2 Å². The van der Waals surface area contributed by atoms with Crippen molar-refractivity contribution in [2.24, 2.45) is 0 Å². The average Bonchev–Trinajstić information content (AvgIpc) is 2.95. The molecular formula is C12H19NO2S. The maximum atomic E-state index is 5.57. The van der Waals surface area contributed by atoms with Crippen molar-refractivity contribution in [2.75, 3.05) is 20.3 Å². The summed E-state index contributed by atoms with van der Waals surface area (Å²) < 4.78 is 10.7. The summed E-state index contributed by atoms with van der Waals surface area (Å²) in [5.74, 6) is 0. The molecule has 3 nitrogen and oxygen atoms in total. The van der Waals surface area contributed by atoms with Gasteiger partial charge in [-0.1, -0.05) is 0 Å². The van der Waals surface area contributed by atoms with Crippen LogP contribution in [0.15, 0.2) is 12.1 Å². The summed E-state index contributed by atoms with van der Waals surface area (Å²) in [6, 6.07) is 4.13. The maximum absolute atomic E-state index is 5.57. The van der Waals surface area contributed by atoms with Gasteiger partial charge in [-0.25, -0.2) is 0 Å². The third-order valence-electron chi connectivity index (χ3n) is 2.80. The molecule has 1 atom stereocenters. The van der Waals surface area contributed by atoms with E-state index in [1.54, 1.807) is 18.4 Å². The standard InChI is InChI=1S/C12H19NO2S/c1-14-12-5-4-11(16-12)9-13-7-6-10-3-2-8-15-10/h4-5,10,13H,2-3,6-9H2,1H3. The van der Waals surface area contributed by atoms with Crippen LogP contribution in [0.1, 0.15) is 24.1 Å². The van der Waals surface area contributed by atoms with Crippen molar-refractivity contribution < 1.29 is 9.47 Å². The molecule has 1 N–H and O–H groups in total. The lowest BCUT2D eigenvalue weighted by molar-refractivity contribution is 0.104. The predicted molar refractivity (Wildman–Crippen MR) is 66.2 cm³/mol. The smallest absolute Gasteiger partial charge is 0.173 e. The molecule has 1 fully saturated rings. The fraction of sp³-hybridized carbons (Fsp3) is 0.667. The van der Waals surface area contributed by atoms with Crippen molar-refractivity contribution in [1.82, 2.24) is 5.32 Å². The van der Waals surface area contributed by atoms with E-state index in [4.69, 9.17) is 9.47 Å². The second-order valence-corrected chi connectivity index (χ2v) is 5.16. The average molecular weight is 241 g/mol. The monoisotopic (exact) mass is 241 g/mol. The Balaban J connectivity index is 1.60. The molecule has 4 heteroatoms. The molecule has 0 aromatic carbocycles. The van der Waals surface area contributed by atoms with Gasteiger partial charge < -0.3 is 14.8 Å². The van der Waals surface area contributed by atoms with Crippen LogP contribution in [0.2, 0.25) is 0 Å². The van der Waals surface area contributed by atoms with E-state index in [0.29, 0.717) is 6.10 Å². The van der Waals surface area contributed by atoms with Crippen LogP contribution in [0.25, 0.3) is 0 Å². The van der Waals surface area contributed by atoms with Crippen LogP contribution in [0.3, 0.4) is 0 Å². The predicted octanol–water partition coefficient (Wildman–Crippen LogP) is 2.42. The van der Waals surface area contributed by atoms with E-state index < -0.39 is 0 Å². The van der Waals surface area contributed by atoms with Crippen LogP contribution in [0.4, 0.5) is 0 Å². The van der Waals surface area contributed by atoms with E-state index in [-0.39, 0.29) is 0 Å². The van der Waals surface area contributed by atoms with Crippen molar-refractivity contribution in [3.8, 4) is 5.06 Å². The molecule has 16 heavy (non-hydrogen) atoms. The van der Waals surface area contributed by atoms with Crippen LogP contribution in [-0.4, -0.2) is 26.4 Å². The van der Waals surface area contributed by atoms with Gasteiger partial charge in [-0.2, -0.15) is 0 Å². The minimum absolute atomic E-state index is 0.491. The van der Waals surface area contributed by atoms with Gasteiger partial charge in [0, 0.05) is 18.0 Å². The third kappa shape index (κ3) is 3.47. The highest BCUT2D eigenvalue weighted by atomic mass is 32.1. The Labute approximate surface area is 101 Å². The molecule has 1 aliphatic heterocycles. The van der Waals surface area contributed by atoms with Crippen LogP contribution >= 0.6 is 11.3 Å². The number of nitrogens with one attached hydrogen (secondary N) is 1. The largest absolute Gasteiger partial charge is 0.487 e. The van der Waals surface area contributed by atoms with Crippen LogP contribution in [0, 0.1) is 0 Å². The summed E-state index contributed by atoms with van der Waals surface area (Å²) in [7, 11) is 1.71. The van der Waals surface area contributed by atoms with Crippen molar-refractivity contribution >= 4 is 11.3 Å². The minimum Gasteiger partial charge on any atom is -0.487 e. The molecule has 0 amide bonds. The van der Waals surface area contributed by atoms with Crippen LogP contribution in [-0.2, 0) is 11.3 Å². The number of methoxy groups -OCH3 is 1. The molecule has 2 heterocycles. The second-order valence-electron chi connectivity index (χ2n) is 4.03. The summed E-state index contributed by atoms with van der Waals surface area (Å²) in [4.78, 5) is 1.32. The number of thiophene rings is 1. The van der Waals surface area contributed by atoms with Crippen LogP contribution < -0.4 is 10.1 Å². The fourth-order valence-corrected chi connectivity index (χ4v) is 2.70. The summed E-state index contributed by atoms with van der Waals surface area (Å²) >= 11 is 1.70. The molecule has 1 saturated heterocycles. The third-order valence-corrected chi connectivity index (χ3v) is 3.85. The van der Waals surface area contributed by atoms with Gasteiger partial charge >= 0.3 is 0 Å². The maximum Gasteiger partial charge on any atom is 0.173 e. The molecule has 2 rings (SSSR count). The van der Waals surface area contributed by atoms with Gasteiger partial charge in [0.2, 0.25) is 0 Å². The van der Waals surface area contributed by atoms with E-state index in [2.05, 4.69) is 11.4 Å². The molecule has 1 aliphatic rings. The van der Waals surface area contributed by atoms with Gasteiger partial charge in [0.1, 0.15) is 0 Å². The van der Waals surface area contributed by atoms with Crippen molar-refractivity contribution in [1.29, 1.82) is 0 Å². The molecule has 0 radical (unpaired) electrons. The Bertz CT molecular complexity index is 308. The van der Waals surface area contributed by atoms with Crippen molar-refractivity contribution in [3.05, 3.63) is 17.0 Å². The molecule has 0 bridgehead atoms. The Morgan fingerprint density at radius 1 is 1.56 bits per heavy atom. The molecule has 0 spiro atoms. The first kappa shape index (κ1) is 11.9. The lowest BCUT2D eigenvalue weighted by Gasteiger charge is -2.09.